The highest BCUT2D eigenvalue weighted by Gasteiger charge is 2.23. The van der Waals surface area contributed by atoms with Crippen molar-refractivity contribution in [2.45, 2.75) is 38.0 Å². The van der Waals surface area contributed by atoms with E-state index in [1.165, 1.54) is 12.8 Å². The van der Waals surface area contributed by atoms with Gasteiger partial charge in [0.1, 0.15) is 0 Å². The van der Waals surface area contributed by atoms with Crippen LogP contribution in [0.25, 0.3) is 0 Å². The molecule has 2 unspecified atom stereocenters. The van der Waals surface area contributed by atoms with Gasteiger partial charge in [-0.3, -0.25) is 11.3 Å². The molecule has 0 aromatic heterocycles. The van der Waals surface area contributed by atoms with Crippen LogP contribution in [-0.2, 0) is 4.74 Å². The summed E-state index contributed by atoms with van der Waals surface area (Å²) in [5.74, 6) is 7.25. The molecule has 1 aliphatic heterocycles. The van der Waals surface area contributed by atoms with Crippen molar-refractivity contribution in [1.82, 2.24) is 5.43 Å². The number of hydrazine groups is 1. The van der Waals surface area contributed by atoms with Gasteiger partial charge in [0.15, 0.2) is 0 Å². The molecular formula is C10H22N2OS. The topological polar surface area (TPSA) is 47.3 Å². The zero-order valence-corrected chi connectivity index (χ0v) is 9.98. The van der Waals surface area contributed by atoms with E-state index in [0.29, 0.717) is 17.2 Å². The number of thioether (sulfide) groups is 1. The van der Waals surface area contributed by atoms with Crippen molar-refractivity contribution in [2.24, 2.45) is 11.8 Å². The first-order valence-electron chi connectivity index (χ1n) is 5.39. The van der Waals surface area contributed by atoms with E-state index in [9.17, 15) is 0 Å². The zero-order valence-electron chi connectivity index (χ0n) is 9.16. The first-order chi connectivity index (χ1) is 6.74. The van der Waals surface area contributed by atoms with E-state index in [1.54, 1.807) is 0 Å². The minimum absolute atomic E-state index is 0.405. The van der Waals surface area contributed by atoms with Crippen molar-refractivity contribution in [3.63, 3.8) is 0 Å². The summed E-state index contributed by atoms with van der Waals surface area (Å²) in [4.78, 5) is 0. The van der Waals surface area contributed by atoms with E-state index < -0.39 is 0 Å². The van der Waals surface area contributed by atoms with Crippen LogP contribution >= 0.6 is 11.8 Å². The van der Waals surface area contributed by atoms with Crippen molar-refractivity contribution < 1.29 is 4.74 Å². The number of hydrogen-bond donors (Lipinski definition) is 2. The van der Waals surface area contributed by atoms with E-state index >= 15 is 0 Å². The van der Waals surface area contributed by atoms with Crippen molar-refractivity contribution in [2.75, 3.05) is 19.0 Å². The molecule has 0 radical (unpaired) electrons. The third-order valence-electron chi connectivity index (χ3n) is 2.59. The van der Waals surface area contributed by atoms with Crippen LogP contribution in [0.4, 0.5) is 0 Å². The van der Waals surface area contributed by atoms with Crippen molar-refractivity contribution in [3.8, 4) is 0 Å². The molecule has 0 amide bonds. The molecule has 0 saturated carbocycles. The van der Waals surface area contributed by atoms with Crippen LogP contribution in [0.5, 0.6) is 0 Å². The quantitative estimate of drug-likeness (QED) is 0.541. The highest BCUT2D eigenvalue weighted by atomic mass is 32.2. The van der Waals surface area contributed by atoms with Gasteiger partial charge >= 0.3 is 0 Å². The maximum Gasteiger partial charge on any atom is 0.0509 e. The number of rotatable bonds is 5. The van der Waals surface area contributed by atoms with Gasteiger partial charge in [-0.25, -0.2) is 0 Å². The molecule has 1 fully saturated rings. The summed E-state index contributed by atoms with van der Waals surface area (Å²) in [6.45, 7) is 6.23. The highest BCUT2D eigenvalue weighted by Crippen LogP contribution is 2.21. The number of ether oxygens (including phenoxy) is 1. The van der Waals surface area contributed by atoms with Crippen LogP contribution in [0.2, 0.25) is 0 Å². The predicted octanol–water partition coefficient (Wildman–Crippen LogP) is 1.39. The Labute approximate surface area is 91.1 Å². The summed E-state index contributed by atoms with van der Waals surface area (Å²) in [5, 5.41) is 0.676. The minimum atomic E-state index is 0.405. The average molecular weight is 218 g/mol. The Bertz CT molecular complexity index is 149. The smallest absolute Gasteiger partial charge is 0.0509 e. The van der Waals surface area contributed by atoms with Crippen molar-refractivity contribution in [1.29, 1.82) is 0 Å². The van der Waals surface area contributed by atoms with Gasteiger partial charge < -0.3 is 4.74 Å². The molecule has 3 N–H and O–H groups in total. The second-order valence-corrected chi connectivity index (χ2v) is 5.74. The second-order valence-electron chi connectivity index (χ2n) is 4.13. The van der Waals surface area contributed by atoms with Crippen LogP contribution in [0, 0.1) is 5.92 Å². The largest absolute Gasteiger partial charge is 0.381 e. The van der Waals surface area contributed by atoms with Gasteiger partial charge in [0.05, 0.1) is 6.61 Å². The minimum Gasteiger partial charge on any atom is -0.381 e. The molecule has 0 bridgehead atoms. The fourth-order valence-corrected chi connectivity index (χ4v) is 2.66. The van der Waals surface area contributed by atoms with Gasteiger partial charge in [-0.2, -0.15) is 11.8 Å². The van der Waals surface area contributed by atoms with Gasteiger partial charge in [-0.1, -0.05) is 13.8 Å². The Morgan fingerprint density at radius 3 is 2.86 bits per heavy atom. The predicted molar refractivity (Wildman–Crippen MR) is 62.2 cm³/mol. The maximum absolute atomic E-state index is 5.57. The second kappa shape index (κ2) is 6.67. The van der Waals surface area contributed by atoms with Gasteiger partial charge in [-0.05, 0) is 24.0 Å². The molecule has 0 aromatic carbocycles. The molecule has 14 heavy (non-hydrogen) atoms. The third kappa shape index (κ3) is 4.17. The fraction of sp³-hybridized carbons (Fsp3) is 1.00. The normalized spacial score (nSPS) is 25.3. The monoisotopic (exact) mass is 218 g/mol. The highest BCUT2D eigenvalue weighted by molar-refractivity contribution is 7.99. The van der Waals surface area contributed by atoms with Crippen LogP contribution in [0.3, 0.4) is 0 Å². The van der Waals surface area contributed by atoms with E-state index in [4.69, 9.17) is 10.6 Å². The van der Waals surface area contributed by atoms with Crippen molar-refractivity contribution in [3.05, 3.63) is 0 Å². The first-order valence-corrected chi connectivity index (χ1v) is 6.44. The Morgan fingerprint density at radius 2 is 2.36 bits per heavy atom. The number of nitrogens with two attached hydrogens (primary N) is 1. The van der Waals surface area contributed by atoms with Crippen LogP contribution in [0.15, 0.2) is 0 Å². The Balaban J connectivity index is 2.28. The maximum atomic E-state index is 5.57. The van der Waals surface area contributed by atoms with Crippen molar-refractivity contribution >= 4 is 11.8 Å². The SMILES string of the molecule is CC(C)SCC(NN)C1CCCOC1. The summed E-state index contributed by atoms with van der Waals surface area (Å²) in [6.07, 6.45) is 2.42. The van der Waals surface area contributed by atoms with Crippen LogP contribution in [-0.4, -0.2) is 30.3 Å². The fourth-order valence-electron chi connectivity index (χ4n) is 1.70. The molecule has 0 aromatic rings. The average Bonchev–Trinajstić information content (AvgIpc) is 2.20. The Hall–Kier alpha value is 0.230. The molecule has 1 aliphatic rings. The number of hydrogen-bond acceptors (Lipinski definition) is 4. The summed E-state index contributed by atoms with van der Waals surface area (Å²) < 4.78 is 5.47. The number of nitrogens with one attached hydrogen (secondary N) is 1. The lowest BCUT2D eigenvalue weighted by Crippen LogP contribution is -2.45. The Kier molecular flexibility index (Phi) is 5.86. The third-order valence-corrected chi connectivity index (χ3v) is 3.81. The molecule has 0 spiro atoms. The standard InChI is InChI=1S/C10H22N2OS/c1-8(2)14-7-10(12-11)9-4-3-5-13-6-9/h8-10,12H,3-7,11H2,1-2H3. The lowest BCUT2D eigenvalue weighted by atomic mass is 9.95. The van der Waals surface area contributed by atoms with Gasteiger partial charge in [0.25, 0.3) is 0 Å². The van der Waals surface area contributed by atoms with Gasteiger partial charge in [-0.15, -0.1) is 0 Å². The molecule has 1 heterocycles. The van der Waals surface area contributed by atoms with E-state index in [0.717, 1.165) is 19.0 Å². The first kappa shape index (κ1) is 12.3. The molecular weight excluding hydrogens is 196 g/mol. The van der Waals surface area contributed by atoms with Gasteiger partial charge in [0, 0.05) is 18.4 Å². The van der Waals surface area contributed by atoms with E-state index in [1.807, 2.05) is 11.8 Å². The summed E-state index contributed by atoms with van der Waals surface area (Å²) in [5.41, 5.74) is 2.93. The molecule has 0 aliphatic carbocycles. The summed E-state index contributed by atoms with van der Waals surface area (Å²) >= 11 is 1.96. The van der Waals surface area contributed by atoms with E-state index in [2.05, 4.69) is 19.3 Å². The Morgan fingerprint density at radius 1 is 1.57 bits per heavy atom. The van der Waals surface area contributed by atoms with Crippen LogP contribution < -0.4 is 11.3 Å². The molecule has 3 nitrogen and oxygen atoms in total. The summed E-state index contributed by atoms with van der Waals surface area (Å²) in [6, 6.07) is 0.405. The summed E-state index contributed by atoms with van der Waals surface area (Å²) in [7, 11) is 0. The molecule has 1 saturated heterocycles. The molecule has 4 heteroatoms. The molecule has 84 valence electrons. The molecule has 1 rings (SSSR count). The lowest BCUT2D eigenvalue weighted by Gasteiger charge is -2.29. The van der Waals surface area contributed by atoms with Gasteiger partial charge in [0.2, 0.25) is 0 Å². The van der Waals surface area contributed by atoms with E-state index in [-0.39, 0.29) is 0 Å². The molecule has 2 atom stereocenters. The lowest BCUT2D eigenvalue weighted by molar-refractivity contribution is 0.0427. The zero-order chi connectivity index (χ0) is 10.4. The van der Waals surface area contributed by atoms with Crippen LogP contribution in [0.1, 0.15) is 26.7 Å².